The lowest BCUT2D eigenvalue weighted by atomic mass is 10.1. The molecule has 2 unspecified atom stereocenters. The van der Waals surface area contributed by atoms with E-state index in [0.717, 1.165) is 18.0 Å². The number of hydrogen-bond donors (Lipinski definition) is 0. The van der Waals surface area contributed by atoms with Gasteiger partial charge in [-0.3, -0.25) is 9.11 Å². The fourth-order valence-corrected chi connectivity index (χ4v) is 3.85. The Hall–Kier alpha value is -1.56. The van der Waals surface area contributed by atoms with Crippen molar-refractivity contribution in [2.24, 2.45) is 0 Å². The molecule has 2 aromatic carbocycles. The Bertz CT molecular complexity index is 665. The van der Waals surface area contributed by atoms with Crippen LogP contribution in [-0.4, -0.2) is 41.1 Å². The lowest BCUT2D eigenvalue weighted by molar-refractivity contribution is -0.0294. The van der Waals surface area contributed by atoms with Gasteiger partial charge in [0, 0.05) is 35.8 Å². The maximum Gasteiger partial charge on any atom is 0.129 e. The molecule has 5 heteroatoms. The third-order valence-electron chi connectivity index (χ3n) is 4.00. The summed E-state index contributed by atoms with van der Waals surface area (Å²) in [5.41, 5.74) is 0.599. The summed E-state index contributed by atoms with van der Waals surface area (Å²) in [5, 5.41) is 0. The molecule has 3 nitrogen and oxygen atoms in total. The molecule has 2 atom stereocenters. The van der Waals surface area contributed by atoms with Crippen LogP contribution in [0.5, 0.6) is 0 Å². The van der Waals surface area contributed by atoms with Crippen molar-refractivity contribution in [2.75, 3.05) is 32.0 Å². The Labute approximate surface area is 138 Å². The molecule has 1 fully saturated rings. The molecule has 0 saturated carbocycles. The minimum atomic E-state index is -1.00. The standard InChI is InChI=1S/C18H20FNO2S/c19-17-9-5-4-8-16(17)18-14-20(10-12-22-18)11-13-23(21)15-6-2-1-3-7-15/h1-9,18H,10-14H2. The second kappa shape index (κ2) is 7.81. The molecular formula is C18H20FNO2S. The highest BCUT2D eigenvalue weighted by atomic mass is 32.2. The van der Waals surface area contributed by atoms with Crippen molar-refractivity contribution in [3.8, 4) is 0 Å². The van der Waals surface area contributed by atoms with Gasteiger partial charge in [-0.1, -0.05) is 36.4 Å². The highest BCUT2D eigenvalue weighted by Crippen LogP contribution is 2.24. The van der Waals surface area contributed by atoms with Gasteiger partial charge in [-0.05, 0) is 18.2 Å². The van der Waals surface area contributed by atoms with Crippen molar-refractivity contribution < 1.29 is 13.3 Å². The molecule has 0 aliphatic carbocycles. The maximum absolute atomic E-state index is 13.9. The fraction of sp³-hybridized carbons (Fsp3) is 0.333. The Balaban J connectivity index is 1.57. The average molecular weight is 333 g/mol. The second-order valence-corrected chi connectivity index (χ2v) is 7.11. The first kappa shape index (κ1) is 16.3. The highest BCUT2D eigenvalue weighted by Gasteiger charge is 2.24. The Kier molecular flexibility index (Phi) is 5.54. The van der Waals surface area contributed by atoms with E-state index in [1.54, 1.807) is 12.1 Å². The van der Waals surface area contributed by atoms with Crippen molar-refractivity contribution >= 4 is 10.8 Å². The zero-order valence-corrected chi connectivity index (χ0v) is 13.7. The predicted octanol–water partition coefficient (Wildman–Crippen LogP) is 3.01. The first-order chi connectivity index (χ1) is 11.2. The summed E-state index contributed by atoms with van der Waals surface area (Å²) < 4.78 is 31.9. The second-order valence-electron chi connectivity index (χ2n) is 5.54. The van der Waals surface area contributed by atoms with Crippen molar-refractivity contribution in [3.05, 3.63) is 66.0 Å². The lowest BCUT2D eigenvalue weighted by Gasteiger charge is -2.33. The third-order valence-corrected chi connectivity index (χ3v) is 5.35. The van der Waals surface area contributed by atoms with Crippen LogP contribution in [0.15, 0.2) is 59.5 Å². The quantitative estimate of drug-likeness (QED) is 0.842. The van der Waals surface area contributed by atoms with Crippen LogP contribution < -0.4 is 0 Å². The van der Waals surface area contributed by atoms with Gasteiger partial charge in [0.25, 0.3) is 0 Å². The molecule has 0 aromatic heterocycles. The number of nitrogens with zero attached hydrogens (tertiary/aromatic N) is 1. The van der Waals surface area contributed by atoms with E-state index in [2.05, 4.69) is 4.90 Å². The van der Waals surface area contributed by atoms with Gasteiger partial charge < -0.3 is 4.74 Å². The zero-order chi connectivity index (χ0) is 16.1. The van der Waals surface area contributed by atoms with Gasteiger partial charge in [-0.15, -0.1) is 0 Å². The topological polar surface area (TPSA) is 29.5 Å². The molecule has 2 aromatic rings. The molecule has 0 radical (unpaired) electrons. The van der Waals surface area contributed by atoms with E-state index >= 15 is 0 Å². The molecule has 1 saturated heterocycles. The molecule has 0 bridgehead atoms. The van der Waals surface area contributed by atoms with Crippen LogP contribution in [0.2, 0.25) is 0 Å². The van der Waals surface area contributed by atoms with Crippen LogP contribution in [0.3, 0.4) is 0 Å². The molecule has 3 rings (SSSR count). The van der Waals surface area contributed by atoms with Crippen LogP contribution in [0.4, 0.5) is 4.39 Å². The van der Waals surface area contributed by atoms with Gasteiger partial charge in [-0.2, -0.15) is 0 Å². The number of benzene rings is 2. The SMILES string of the molecule is O=S(CCN1CCOC(c2ccccc2F)C1)c1ccccc1. The molecule has 1 heterocycles. The summed E-state index contributed by atoms with van der Waals surface area (Å²) in [5.74, 6) is 0.348. The summed E-state index contributed by atoms with van der Waals surface area (Å²) in [6.45, 7) is 2.71. The molecule has 23 heavy (non-hydrogen) atoms. The van der Waals surface area contributed by atoms with E-state index in [0.29, 0.717) is 24.5 Å². The number of rotatable bonds is 5. The van der Waals surface area contributed by atoms with Gasteiger partial charge in [0.15, 0.2) is 0 Å². The van der Waals surface area contributed by atoms with Gasteiger partial charge in [-0.25, -0.2) is 4.39 Å². The van der Waals surface area contributed by atoms with Crippen LogP contribution in [0.1, 0.15) is 11.7 Å². The third kappa shape index (κ3) is 4.25. The summed E-state index contributed by atoms with van der Waals surface area (Å²) >= 11 is 0. The highest BCUT2D eigenvalue weighted by molar-refractivity contribution is 7.85. The molecule has 1 aliphatic heterocycles. The lowest BCUT2D eigenvalue weighted by Crippen LogP contribution is -2.40. The minimum Gasteiger partial charge on any atom is -0.371 e. The van der Waals surface area contributed by atoms with Gasteiger partial charge in [0.1, 0.15) is 5.82 Å². The summed E-state index contributed by atoms with van der Waals surface area (Å²) in [6, 6.07) is 16.2. The fourth-order valence-electron chi connectivity index (χ4n) is 2.73. The van der Waals surface area contributed by atoms with Gasteiger partial charge >= 0.3 is 0 Å². The van der Waals surface area contributed by atoms with Crippen molar-refractivity contribution in [1.29, 1.82) is 0 Å². The van der Waals surface area contributed by atoms with Gasteiger partial charge in [0.05, 0.1) is 23.5 Å². The van der Waals surface area contributed by atoms with Crippen LogP contribution in [0, 0.1) is 5.82 Å². The van der Waals surface area contributed by atoms with E-state index in [1.807, 2.05) is 36.4 Å². The summed E-state index contributed by atoms with van der Waals surface area (Å²) in [7, 11) is -1.00. The number of ether oxygens (including phenoxy) is 1. The predicted molar refractivity (Wildman–Crippen MR) is 89.3 cm³/mol. The number of halogens is 1. The zero-order valence-electron chi connectivity index (χ0n) is 12.9. The van der Waals surface area contributed by atoms with Crippen molar-refractivity contribution in [2.45, 2.75) is 11.0 Å². The van der Waals surface area contributed by atoms with Crippen molar-refractivity contribution in [3.63, 3.8) is 0 Å². The molecular weight excluding hydrogens is 313 g/mol. The van der Waals surface area contributed by atoms with E-state index < -0.39 is 10.8 Å². The van der Waals surface area contributed by atoms with E-state index in [-0.39, 0.29) is 11.9 Å². The molecule has 0 N–H and O–H groups in total. The molecule has 1 aliphatic rings. The Morgan fingerprint density at radius 1 is 1.13 bits per heavy atom. The van der Waals surface area contributed by atoms with E-state index in [1.165, 1.54) is 6.07 Å². The van der Waals surface area contributed by atoms with Crippen LogP contribution >= 0.6 is 0 Å². The first-order valence-electron chi connectivity index (χ1n) is 7.76. The van der Waals surface area contributed by atoms with Crippen LogP contribution in [-0.2, 0) is 15.5 Å². The summed E-state index contributed by atoms with van der Waals surface area (Å²) in [6.07, 6.45) is -0.255. The Morgan fingerprint density at radius 3 is 2.65 bits per heavy atom. The molecule has 0 amide bonds. The van der Waals surface area contributed by atoms with E-state index in [9.17, 15) is 8.60 Å². The largest absolute Gasteiger partial charge is 0.371 e. The monoisotopic (exact) mass is 333 g/mol. The first-order valence-corrected chi connectivity index (χ1v) is 9.08. The maximum atomic E-state index is 13.9. The molecule has 0 spiro atoms. The minimum absolute atomic E-state index is 0.229. The molecule has 122 valence electrons. The summed E-state index contributed by atoms with van der Waals surface area (Å²) in [4.78, 5) is 3.05. The Morgan fingerprint density at radius 2 is 1.87 bits per heavy atom. The normalized spacial score (nSPS) is 20.3. The smallest absolute Gasteiger partial charge is 0.129 e. The number of hydrogen-bond acceptors (Lipinski definition) is 3. The average Bonchev–Trinajstić information content (AvgIpc) is 2.61. The van der Waals surface area contributed by atoms with Gasteiger partial charge in [0.2, 0.25) is 0 Å². The number of morpholine rings is 1. The van der Waals surface area contributed by atoms with Crippen LogP contribution in [0.25, 0.3) is 0 Å². The van der Waals surface area contributed by atoms with E-state index in [4.69, 9.17) is 4.74 Å². The van der Waals surface area contributed by atoms with Crippen molar-refractivity contribution in [1.82, 2.24) is 4.90 Å².